The number of hydrogen-bond acceptors (Lipinski definition) is 8. The van der Waals surface area contributed by atoms with Gasteiger partial charge in [0, 0.05) is 12.8 Å². The number of phosphoric acid groups is 1. The average Bonchev–Trinajstić information content (AvgIpc) is 1.07. The van der Waals surface area contributed by atoms with Gasteiger partial charge in [0.1, 0.15) is 19.8 Å². The second kappa shape index (κ2) is 80.8. The van der Waals surface area contributed by atoms with E-state index in [1.807, 2.05) is 21.1 Å². The number of likely N-dealkylation sites (N-methyl/N-ethyl adjacent to an activating group) is 1. The molecule has 0 rings (SSSR count). The molecule has 0 heterocycles. The van der Waals surface area contributed by atoms with E-state index in [1.54, 1.807) is 0 Å². The highest BCUT2D eigenvalue weighted by atomic mass is 31.2. The Bertz CT molecular complexity index is 1870. The van der Waals surface area contributed by atoms with Crippen molar-refractivity contribution in [2.45, 2.75) is 457 Å². The molecule has 0 radical (unpaired) electrons. The first kappa shape index (κ1) is 97.7. The fourth-order valence-corrected chi connectivity index (χ4v) is 14.1. The van der Waals surface area contributed by atoms with Crippen LogP contribution in [0.3, 0.4) is 0 Å². The molecule has 10 heteroatoms. The molecule has 0 N–H and O–H groups in total. The van der Waals surface area contributed by atoms with Crippen LogP contribution in [0.25, 0.3) is 0 Å². The number of unbranched alkanes of at least 4 members (excludes halogenated alkanes) is 59. The Kier molecular flexibility index (Phi) is 78.9. The molecular formula is C90H170NO8P. The number of carbonyl (C=O) groups excluding carboxylic acids is 2. The lowest BCUT2D eigenvalue weighted by Crippen LogP contribution is -2.37. The zero-order valence-electron chi connectivity index (χ0n) is 67.4. The molecule has 0 aliphatic rings. The molecule has 0 bridgehead atoms. The van der Waals surface area contributed by atoms with Crippen LogP contribution in [-0.2, 0) is 32.7 Å². The van der Waals surface area contributed by atoms with Crippen molar-refractivity contribution in [3.8, 4) is 0 Å². The summed E-state index contributed by atoms with van der Waals surface area (Å²) in [5, 5.41) is 0. The van der Waals surface area contributed by atoms with Crippen LogP contribution in [0.1, 0.15) is 450 Å². The fraction of sp³-hybridized carbons (Fsp3) is 0.867. The molecule has 0 aliphatic carbocycles. The van der Waals surface area contributed by atoms with Gasteiger partial charge in [-0.15, -0.1) is 0 Å². The SMILES string of the molecule is CC/C=C\C/C=C\C/C=C\C/C=C\CCCCCCCCCCCCCCCCCCCCCCCCCCCCC(=O)OC(COC(=O)CCCCCCCCCCCCCCCCCCCCCCCCCCC/C=C\CCCCCCCCCC)COP(=O)([O-])OCC[N+](C)(C)C. The number of ether oxygens (including phenoxy) is 2. The van der Waals surface area contributed by atoms with Crippen molar-refractivity contribution in [1.82, 2.24) is 0 Å². The van der Waals surface area contributed by atoms with Crippen molar-refractivity contribution in [1.29, 1.82) is 0 Å². The summed E-state index contributed by atoms with van der Waals surface area (Å²) in [6.45, 7) is 4.21. The summed E-state index contributed by atoms with van der Waals surface area (Å²) < 4.78 is 34.5. The van der Waals surface area contributed by atoms with Crippen molar-refractivity contribution < 1.29 is 42.1 Å². The first-order valence-corrected chi connectivity index (χ1v) is 45.5. The number of carbonyl (C=O) groups is 2. The fourth-order valence-electron chi connectivity index (χ4n) is 13.4. The highest BCUT2D eigenvalue weighted by Gasteiger charge is 2.22. The summed E-state index contributed by atoms with van der Waals surface area (Å²) in [6.07, 6.45) is 110. The van der Waals surface area contributed by atoms with Crippen LogP contribution in [0.2, 0.25) is 0 Å². The highest BCUT2D eigenvalue weighted by Crippen LogP contribution is 2.38. The Morgan fingerprint density at radius 1 is 0.320 bits per heavy atom. The molecule has 0 fully saturated rings. The first-order chi connectivity index (χ1) is 49.0. The average molecular weight is 1430 g/mol. The van der Waals surface area contributed by atoms with E-state index in [0.717, 1.165) is 57.8 Å². The van der Waals surface area contributed by atoms with Gasteiger partial charge in [-0.25, -0.2) is 0 Å². The summed E-state index contributed by atoms with van der Waals surface area (Å²) in [5.74, 6) is -0.805. The van der Waals surface area contributed by atoms with Crippen LogP contribution in [0, 0.1) is 0 Å². The monoisotopic (exact) mass is 1420 g/mol. The van der Waals surface area contributed by atoms with Crippen LogP contribution < -0.4 is 4.89 Å². The van der Waals surface area contributed by atoms with E-state index < -0.39 is 26.5 Å². The second-order valence-corrected chi connectivity index (χ2v) is 32.6. The summed E-state index contributed by atoms with van der Waals surface area (Å²) in [5.41, 5.74) is 0. The Balaban J connectivity index is 3.85. The molecule has 2 atom stereocenters. The molecule has 0 saturated carbocycles. The van der Waals surface area contributed by atoms with E-state index in [4.69, 9.17) is 18.5 Å². The van der Waals surface area contributed by atoms with Gasteiger partial charge in [-0.2, -0.15) is 0 Å². The van der Waals surface area contributed by atoms with E-state index >= 15 is 0 Å². The third-order valence-electron chi connectivity index (χ3n) is 20.0. The molecule has 0 aromatic heterocycles. The number of quaternary nitrogens is 1. The predicted molar refractivity (Wildman–Crippen MR) is 434 cm³/mol. The third kappa shape index (κ3) is 84.6. The summed E-state index contributed by atoms with van der Waals surface area (Å²) >= 11 is 0. The van der Waals surface area contributed by atoms with Gasteiger partial charge in [-0.1, -0.05) is 421 Å². The van der Waals surface area contributed by atoms with Gasteiger partial charge in [0.25, 0.3) is 7.82 Å². The van der Waals surface area contributed by atoms with Gasteiger partial charge in [0.05, 0.1) is 27.7 Å². The topological polar surface area (TPSA) is 111 Å². The number of allylic oxidation sites excluding steroid dienone is 10. The lowest BCUT2D eigenvalue weighted by Gasteiger charge is -2.28. The summed E-state index contributed by atoms with van der Waals surface area (Å²) in [6, 6.07) is 0. The lowest BCUT2D eigenvalue weighted by molar-refractivity contribution is -0.870. The highest BCUT2D eigenvalue weighted by molar-refractivity contribution is 7.45. The molecule has 100 heavy (non-hydrogen) atoms. The van der Waals surface area contributed by atoms with Gasteiger partial charge < -0.3 is 27.9 Å². The van der Waals surface area contributed by atoms with Crippen LogP contribution >= 0.6 is 7.82 Å². The maximum absolute atomic E-state index is 12.9. The number of rotatable bonds is 83. The first-order valence-electron chi connectivity index (χ1n) is 44.0. The molecule has 0 aromatic carbocycles. The molecule has 0 aromatic rings. The maximum Gasteiger partial charge on any atom is 0.306 e. The number of phosphoric ester groups is 1. The van der Waals surface area contributed by atoms with E-state index in [9.17, 15) is 19.0 Å². The van der Waals surface area contributed by atoms with Crippen LogP contribution in [0.4, 0.5) is 0 Å². The van der Waals surface area contributed by atoms with Crippen LogP contribution in [-0.4, -0.2) is 70.0 Å². The van der Waals surface area contributed by atoms with Crippen molar-refractivity contribution in [3.05, 3.63) is 60.8 Å². The van der Waals surface area contributed by atoms with Crippen molar-refractivity contribution >= 4 is 19.8 Å². The Hall–Kier alpha value is -2.29. The van der Waals surface area contributed by atoms with E-state index in [2.05, 4.69) is 74.6 Å². The largest absolute Gasteiger partial charge is 0.756 e. The molecule has 588 valence electrons. The number of hydrogen-bond donors (Lipinski definition) is 0. The molecular weight excluding hydrogens is 1250 g/mol. The number of esters is 2. The second-order valence-electron chi connectivity index (χ2n) is 31.2. The molecule has 9 nitrogen and oxygen atoms in total. The molecule has 2 unspecified atom stereocenters. The van der Waals surface area contributed by atoms with E-state index in [0.29, 0.717) is 17.4 Å². The van der Waals surface area contributed by atoms with Gasteiger partial charge in [-0.05, 0) is 77.0 Å². The quantitative estimate of drug-likeness (QED) is 0.0195. The minimum absolute atomic E-state index is 0.0275. The standard InChI is InChI=1S/C90H170NO8P/c1-6-8-10-12-14-16-18-20-22-24-26-28-30-32-34-36-38-40-42-44-45-47-49-51-53-55-57-59-61-63-65-67-69-71-73-75-77-79-81-83-90(93)99-88(87-98-100(94,95)97-85-84-91(3,4)5)86-96-89(92)82-80-78-76-74-72-70-68-66-64-62-60-58-56-54-52-50-48-46-43-41-39-37-35-33-31-29-27-25-23-21-19-17-15-13-11-9-7-2/h8,10,14,16,20,22,25-28,88H,6-7,9,11-13,15,17-19,21,23-24,29-87H2,1-5H3/b10-8-,16-14-,22-20-,27-25-,28-26-. The lowest BCUT2D eigenvalue weighted by atomic mass is 10.0. The van der Waals surface area contributed by atoms with Gasteiger partial charge >= 0.3 is 11.9 Å². The van der Waals surface area contributed by atoms with Crippen molar-refractivity contribution in [2.24, 2.45) is 0 Å². The summed E-state index contributed by atoms with van der Waals surface area (Å²) in [7, 11) is 1.19. The van der Waals surface area contributed by atoms with Crippen LogP contribution in [0.5, 0.6) is 0 Å². The van der Waals surface area contributed by atoms with E-state index in [1.165, 1.54) is 360 Å². The van der Waals surface area contributed by atoms with Crippen molar-refractivity contribution in [3.63, 3.8) is 0 Å². The number of nitrogens with zero attached hydrogens (tertiary/aromatic N) is 1. The van der Waals surface area contributed by atoms with Crippen LogP contribution in [0.15, 0.2) is 60.8 Å². The third-order valence-corrected chi connectivity index (χ3v) is 21.0. The normalized spacial score (nSPS) is 13.2. The Morgan fingerprint density at radius 2 is 0.570 bits per heavy atom. The Morgan fingerprint density at radius 3 is 0.860 bits per heavy atom. The predicted octanol–water partition coefficient (Wildman–Crippen LogP) is 29.0. The maximum atomic E-state index is 12.9. The minimum atomic E-state index is -4.65. The van der Waals surface area contributed by atoms with Gasteiger partial charge in [0.15, 0.2) is 6.10 Å². The molecule has 0 amide bonds. The smallest absolute Gasteiger partial charge is 0.306 e. The van der Waals surface area contributed by atoms with E-state index in [-0.39, 0.29) is 32.0 Å². The van der Waals surface area contributed by atoms with Gasteiger partial charge in [-0.3, -0.25) is 14.2 Å². The zero-order chi connectivity index (χ0) is 72.5. The van der Waals surface area contributed by atoms with Crippen molar-refractivity contribution in [2.75, 3.05) is 47.5 Å². The zero-order valence-corrected chi connectivity index (χ0v) is 68.3. The minimum Gasteiger partial charge on any atom is -0.756 e. The van der Waals surface area contributed by atoms with Gasteiger partial charge in [0.2, 0.25) is 0 Å². The summed E-state index contributed by atoms with van der Waals surface area (Å²) in [4.78, 5) is 38.3. The Labute approximate surface area is 623 Å². The molecule has 0 aliphatic heterocycles. The molecule has 0 saturated heterocycles. The molecule has 0 spiro atoms.